The topological polar surface area (TPSA) is 65.8 Å². The Bertz CT molecular complexity index is 521. The van der Waals surface area contributed by atoms with Gasteiger partial charge in [0.2, 0.25) is 0 Å². The number of hydrogen-bond donors (Lipinski definition) is 1. The molecule has 1 amide bonds. The monoisotopic (exact) mass is 267 g/mol. The first-order chi connectivity index (χ1) is 8.56. The summed E-state index contributed by atoms with van der Waals surface area (Å²) in [5, 5.41) is 11.7. The Kier molecular flexibility index (Phi) is 3.48. The summed E-state index contributed by atoms with van der Waals surface area (Å²) in [6, 6.07) is 3.14. The molecule has 1 heterocycles. The van der Waals surface area contributed by atoms with E-state index in [9.17, 15) is 9.18 Å². The first-order valence-corrected chi connectivity index (χ1v) is 5.99. The molecule has 1 saturated carbocycles. The molecule has 0 saturated heterocycles. The standard InChI is InChI=1S/C12H11ClFN3O/c13-10-9(5-8(14)6-16-10)11(18)17-12(7-15)3-1-2-4-12/h5-6H,1-4H2,(H,17,18). The van der Waals surface area contributed by atoms with Gasteiger partial charge in [0.15, 0.2) is 0 Å². The third-order valence-corrected chi connectivity index (χ3v) is 3.38. The van der Waals surface area contributed by atoms with Crippen molar-refractivity contribution in [1.29, 1.82) is 5.26 Å². The lowest BCUT2D eigenvalue weighted by Crippen LogP contribution is -2.45. The third kappa shape index (κ3) is 2.44. The van der Waals surface area contributed by atoms with Crippen LogP contribution >= 0.6 is 11.6 Å². The molecule has 1 fully saturated rings. The number of aromatic nitrogens is 1. The van der Waals surface area contributed by atoms with Crippen molar-refractivity contribution in [2.75, 3.05) is 0 Å². The molecule has 18 heavy (non-hydrogen) atoms. The summed E-state index contributed by atoms with van der Waals surface area (Å²) in [6.45, 7) is 0. The lowest BCUT2D eigenvalue weighted by molar-refractivity contribution is 0.0920. The Morgan fingerprint density at radius 3 is 2.83 bits per heavy atom. The van der Waals surface area contributed by atoms with Gasteiger partial charge in [0.1, 0.15) is 16.5 Å². The van der Waals surface area contributed by atoms with Crippen LogP contribution in [0.2, 0.25) is 5.15 Å². The van der Waals surface area contributed by atoms with Crippen LogP contribution in [0.1, 0.15) is 36.0 Å². The normalized spacial score (nSPS) is 17.2. The van der Waals surface area contributed by atoms with Gasteiger partial charge in [0.25, 0.3) is 5.91 Å². The summed E-state index contributed by atoms with van der Waals surface area (Å²) in [5.41, 5.74) is -0.898. The number of carbonyl (C=O) groups excluding carboxylic acids is 1. The van der Waals surface area contributed by atoms with E-state index in [1.54, 1.807) is 0 Å². The molecule has 0 aromatic carbocycles. The van der Waals surface area contributed by atoms with Crippen LogP contribution in [0.3, 0.4) is 0 Å². The summed E-state index contributed by atoms with van der Waals surface area (Å²) in [5.74, 6) is -1.20. The minimum atomic E-state index is -0.854. The van der Waals surface area contributed by atoms with Crippen molar-refractivity contribution in [3.63, 3.8) is 0 Å². The van der Waals surface area contributed by atoms with Crippen LogP contribution in [-0.2, 0) is 0 Å². The second-order valence-corrected chi connectivity index (χ2v) is 4.71. The lowest BCUT2D eigenvalue weighted by atomic mass is 9.99. The van der Waals surface area contributed by atoms with Gasteiger partial charge in [-0.05, 0) is 31.7 Å². The van der Waals surface area contributed by atoms with Gasteiger partial charge in [-0.3, -0.25) is 4.79 Å². The number of nitrogens with one attached hydrogen (secondary N) is 1. The smallest absolute Gasteiger partial charge is 0.255 e. The van der Waals surface area contributed by atoms with Crippen molar-refractivity contribution < 1.29 is 9.18 Å². The average Bonchev–Trinajstić information content (AvgIpc) is 2.81. The summed E-state index contributed by atoms with van der Waals surface area (Å²) >= 11 is 5.74. The lowest BCUT2D eigenvalue weighted by Gasteiger charge is -2.22. The minimum Gasteiger partial charge on any atom is -0.334 e. The molecule has 0 atom stereocenters. The van der Waals surface area contributed by atoms with Gasteiger partial charge < -0.3 is 5.32 Å². The third-order valence-electron chi connectivity index (χ3n) is 3.07. The maximum absolute atomic E-state index is 13.0. The molecule has 0 aliphatic heterocycles. The average molecular weight is 268 g/mol. The van der Waals surface area contributed by atoms with Crippen LogP contribution in [0, 0.1) is 17.1 Å². The fourth-order valence-corrected chi connectivity index (χ4v) is 2.30. The van der Waals surface area contributed by atoms with E-state index in [-0.39, 0.29) is 10.7 Å². The second kappa shape index (κ2) is 4.91. The van der Waals surface area contributed by atoms with Crippen LogP contribution in [-0.4, -0.2) is 16.4 Å². The van der Waals surface area contributed by atoms with E-state index in [2.05, 4.69) is 16.4 Å². The van der Waals surface area contributed by atoms with Crippen molar-refractivity contribution in [2.24, 2.45) is 0 Å². The molecule has 1 aliphatic rings. The predicted octanol–water partition coefficient (Wildman–Crippen LogP) is 2.44. The zero-order valence-electron chi connectivity index (χ0n) is 9.54. The molecule has 1 aromatic rings. The predicted molar refractivity (Wildman–Crippen MR) is 63.5 cm³/mol. The Balaban J connectivity index is 2.22. The number of hydrogen-bond acceptors (Lipinski definition) is 3. The van der Waals surface area contributed by atoms with Gasteiger partial charge in [0.05, 0.1) is 17.8 Å². The zero-order valence-corrected chi connectivity index (χ0v) is 10.3. The molecular weight excluding hydrogens is 257 g/mol. The molecule has 2 rings (SSSR count). The Hall–Kier alpha value is -1.67. The SMILES string of the molecule is N#CC1(NC(=O)c2cc(F)cnc2Cl)CCCC1. The fourth-order valence-electron chi connectivity index (χ4n) is 2.11. The molecule has 4 nitrogen and oxygen atoms in total. The van der Waals surface area contributed by atoms with Crippen molar-refractivity contribution in [2.45, 2.75) is 31.2 Å². The maximum Gasteiger partial charge on any atom is 0.255 e. The minimum absolute atomic E-state index is 0.0433. The van der Waals surface area contributed by atoms with Gasteiger partial charge >= 0.3 is 0 Å². The number of pyridine rings is 1. The first-order valence-electron chi connectivity index (χ1n) is 5.61. The summed E-state index contributed by atoms with van der Waals surface area (Å²) < 4.78 is 13.0. The first kappa shape index (κ1) is 12.8. The molecule has 6 heteroatoms. The Labute approximate surface area is 109 Å². The van der Waals surface area contributed by atoms with Gasteiger partial charge in [-0.1, -0.05) is 11.6 Å². The molecule has 1 N–H and O–H groups in total. The van der Waals surface area contributed by atoms with Gasteiger partial charge in [0, 0.05) is 0 Å². The highest BCUT2D eigenvalue weighted by Gasteiger charge is 2.36. The van der Waals surface area contributed by atoms with Crippen molar-refractivity contribution in [1.82, 2.24) is 10.3 Å². The fraction of sp³-hybridized carbons (Fsp3) is 0.417. The number of halogens is 2. The summed E-state index contributed by atoms with van der Waals surface area (Å²) in [6.07, 6.45) is 3.94. The van der Waals surface area contributed by atoms with Crippen LogP contribution in [0.25, 0.3) is 0 Å². The maximum atomic E-state index is 13.0. The van der Waals surface area contributed by atoms with Gasteiger partial charge in [-0.25, -0.2) is 9.37 Å². The van der Waals surface area contributed by atoms with Crippen LogP contribution in [0.15, 0.2) is 12.3 Å². The Morgan fingerprint density at radius 1 is 1.56 bits per heavy atom. The molecule has 0 bridgehead atoms. The molecule has 1 aliphatic carbocycles. The summed E-state index contributed by atoms with van der Waals surface area (Å²) in [4.78, 5) is 15.6. The van der Waals surface area contributed by atoms with E-state index in [4.69, 9.17) is 16.9 Å². The van der Waals surface area contributed by atoms with E-state index in [0.717, 1.165) is 25.1 Å². The van der Waals surface area contributed by atoms with Crippen molar-refractivity contribution in [3.05, 3.63) is 28.8 Å². The van der Waals surface area contributed by atoms with Crippen molar-refractivity contribution in [3.8, 4) is 6.07 Å². The van der Waals surface area contributed by atoms with E-state index >= 15 is 0 Å². The quantitative estimate of drug-likeness (QED) is 0.837. The highest BCUT2D eigenvalue weighted by Crippen LogP contribution is 2.29. The number of amides is 1. The van der Waals surface area contributed by atoms with E-state index in [1.807, 2.05) is 0 Å². The molecule has 94 valence electrons. The van der Waals surface area contributed by atoms with Gasteiger partial charge in [-0.15, -0.1) is 0 Å². The largest absolute Gasteiger partial charge is 0.334 e. The van der Waals surface area contributed by atoms with Gasteiger partial charge in [-0.2, -0.15) is 5.26 Å². The Morgan fingerprint density at radius 2 is 2.22 bits per heavy atom. The highest BCUT2D eigenvalue weighted by atomic mass is 35.5. The van der Waals surface area contributed by atoms with Crippen molar-refractivity contribution >= 4 is 17.5 Å². The molecule has 0 unspecified atom stereocenters. The molecule has 0 radical (unpaired) electrons. The second-order valence-electron chi connectivity index (χ2n) is 4.35. The number of carbonyl (C=O) groups is 1. The van der Waals surface area contributed by atoms with Crippen LogP contribution in [0.4, 0.5) is 4.39 Å². The number of nitriles is 1. The number of nitrogens with zero attached hydrogens (tertiary/aromatic N) is 2. The van der Waals surface area contributed by atoms with Crippen LogP contribution in [0.5, 0.6) is 0 Å². The van der Waals surface area contributed by atoms with E-state index in [1.165, 1.54) is 0 Å². The molecular formula is C12H11ClFN3O. The van der Waals surface area contributed by atoms with E-state index in [0.29, 0.717) is 12.8 Å². The molecule has 0 spiro atoms. The van der Waals surface area contributed by atoms with E-state index < -0.39 is 17.3 Å². The van der Waals surface area contributed by atoms with Crippen LogP contribution < -0.4 is 5.32 Å². The zero-order chi connectivity index (χ0) is 13.2. The summed E-state index contributed by atoms with van der Waals surface area (Å²) in [7, 11) is 0. The highest BCUT2D eigenvalue weighted by molar-refractivity contribution is 6.32. The number of rotatable bonds is 2. The molecule has 1 aromatic heterocycles.